The Morgan fingerprint density at radius 3 is 2.82 bits per heavy atom. The minimum absolute atomic E-state index is 0.0187. The number of ketones is 1. The topological polar surface area (TPSA) is 48.0 Å². The Bertz CT molecular complexity index is 836. The largest absolute Gasteiger partial charge is 0.469 e. The van der Waals surface area contributed by atoms with Crippen molar-refractivity contribution >= 4 is 5.78 Å². The molecule has 4 nitrogen and oxygen atoms in total. The van der Waals surface area contributed by atoms with Gasteiger partial charge in [-0.05, 0) is 24.3 Å². The van der Waals surface area contributed by atoms with Crippen LogP contribution in [0.1, 0.15) is 34.2 Å². The molecule has 0 radical (unpaired) electrons. The number of hydrogen-bond acceptors (Lipinski definition) is 3. The van der Waals surface area contributed by atoms with Crippen LogP contribution in [0.15, 0.2) is 53.3 Å². The second-order valence-corrected chi connectivity index (χ2v) is 5.41. The Kier molecular flexibility index (Phi) is 2.92. The van der Waals surface area contributed by atoms with E-state index in [1.165, 1.54) is 16.9 Å². The van der Waals surface area contributed by atoms with Crippen molar-refractivity contribution in [3.63, 3.8) is 0 Å². The third kappa shape index (κ3) is 1.97. The standard InChI is InChI=1S/C17H13FN2O2/c18-13-4-1-2-5-14(13)20-15-8-11(17-6-3-7-22-17)9-16(21)12(15)10-19-20/h1-7,10-11H,8-9H2/t11-/m1/s1. The third-order valence-electron chi connectivity index (χ3n) is 4.07. The molecule has 2 heterocycles. The molecule has 0 bridgehead atoms. The van der Waals surface area contributed by atoms with E-state index >= 15 is 0 Å². The zero-order valence-corrected chi connectivity index (χ0v) is 11.7. The molecule has 110 valence electrons. The van der Waals surface area contributed by atoms with Crippen LogP contribution in [0.5, 0.6) is 0 Å². The average Bonchev–Trinajstić information content (AvgIpc) is 3.17. The highest BCUT2D eigenvalue weighted by Crippen LogP contribution is 2.34. The van der Waals surface area contributed by atoms with Crippen LogP contribution in [0.3, 0.4) is 0 Å². The van der Waals surface area contributed by atoms with Gasteiger partial charge in [-0.1, -0.05) is 12.1 Å². The molecule has 0 unspecified atom stereocenters. The maximum atomic E-state index is 14.0. The lowest BCUT2D eigenvalue weighted by molar-refractivity contribution is 0.0959. The normalized spacial score (nSPS) is 17.5. The first kappa shape index (κ1) is 13.0. The highest BCUT2D eigenvalue weighted by Gasteiger charge is 2.31. The zero-order chi connectivity index (χ0) is 15.1. The summed E-state index contributed by atoms with van der Waals surface area (Å²) in [4.78, 5) is 12.3. The molecule has 0 fully saturated rings. The lowest BCUT2D eigenvalue weighted by Gasteiger charge is -2.21. The monoisotopic (exact) mass is 296 g/mol. The van der Waals surface area contributed by atoms with Crippen LogP contribution in [0.4, 0.5) is 4.39 Å². The summed E-state index contributed by atoms with van der Waals surface area (Å²) >= 11 is 0. The number of carbonyl (C=O) groups is 1. The Labute approximate surface area is 126 Å². The first-order valence-corrected chi connectivity index (χ1v) is 7.12. The molecule has 5 heteroatoms. The molecule has 1 aliphatic carbocycles. The van der Waals surface area contributed by atoms with Gasteiger partial charge < -0.3 is 4.42 Å². The summed E-state index contributed by atoms with van der Waals surface area (Å²) in [7, 11) is 0. The van der Waals surface area contributed by atoms with Crippen LogP contribution < -0.4 is 0 Å². The number of benzene rings is 1. The van der Waals surface area contributed by atoms with Crippen molar-refractivity contribution in [3.05, 3.63) is 71.7 Å². The molecule has 4 rings (SSSR count). The third-order valence-corrected chi connectivity index (χ3v) is 4.07. The Balaban J connectivity index is 1.80. The number of hydrogen-bond donors (Lipinski definition) is 0. The lowest BCUT2D eigenvalue weighted by Crippen LogP contribution is -2.20. The number of para-hydroxylation sites is 1. The summed E-state index contributed by atoms with van der Waals surface area (Å²) in [5.41, 5.74) is 1.67. The first-order chi connectivity index (χ1) is 10.7. The van der Waals surface area contributed by atoms with Gasteiger partial charge in [0, 0.05) is 18.8 Å². The van der Waals surface area contributed by atoms with Gasteiger partial charge in [0.15, 0.2) is 5.78 Å². The number of carbonyl (C=O) groups excluding carboxylic acids is 1. The summed E-state index contributed by atoms with van der Waals surface area (Å²) < 4.78 is 21.0. The highest BCUT2D eigenvalue weighted by atomic mass is 19.1. The number of Topliss-reactive ketones (excluding diaryl/α,β-unsaturated/α-hetero) is 1. The van der Waals surface area contributed by atoms with E-state index in [0.29, 0.717) is 24.1 Å². The molecule has 0 aliphatic heterocycles. The predicted octanol–water partition coefficient (Wildman–Crippen LogP) is 3.52. The minimum Gasteiger partial charge on any atom is -0.469 e. The van der Waals surface area contributed by atoms with E-state index in [2.05, 4.69) is 5.10 Å². The van der Waals surface area contributed by atoms with Gasteiger partial charge in [-0.15, -0.1) is 0 Å². The molecule has 0 N–H and O–H groups in total. The predicted molar refractivity (Wildman–Crippen MR) is 77.6 cm³/mol. The van der Waals surface area contributed by atoms with E-state index in [1.807, 2.05) is 12.1 Å². The highest BCUT2D eigenvalue weighted by molar-refractivity contribution is 5.98. The van der Waals surface area contributed by atoms with Gasteiger partial charge in [0.25, 0.3) is 0 Å². The van der Waals surface area contributed by atoms with Gasteiger partial charge in [-0.3, -0.25) is 4.79 Å². The average molecular weight is 296 g/mol. The number of aromatic nitrogens is 2. The van der Waals surface area contributed by atoms with Crippen molar-refractivity contribution in [1.82, 2.24) is 9.78 Å². The second-order valence-electron chi connectivity index (χ2n) is 5.41. The van der Waals surface area contributed by atoms with Crippen molar-refractivity contribution in [2.45, 2.75) is 18.8 Å². The Morgan fingerprint density at radius 2 is 2.05 bits per heavy atom. The molecule has 2 aromatic heterocycles. The summed E-state index contributed by atoms with van der Waals surface area (Å²) in [6, 6.07) is 10.1. The van der Waals surface area contributed by atoms with E-state index in [1.54, 1.807) is 24.5 Å². The fraction of sp³-hybridized carbons (Fsp3) is 0.176. The minimum atomic E-state index is -0.360. The summed E-state index contributed by atoms with van der Waals surface area (Å²) in [6.45, 7) is 0. The maximum absolute atomic E-state index is 14.0. The van der Waals surface area contributed by atoms with Gasteiger partial charge in [0.05, 0.1) is 23.7 Å². The molecule has 22 heavy (non-hydrogen) atoms. The SMILES string of the molecule is O=C1C[C@H](c2ccco2)Cc2c1cnn2-c1ccccc1F. The van der Waals surface area contributed by atoms with Gasteiger partial charge in [-0.2, -0.15) is 5.10 Å². The van der Waals surface area contributed by atoms with Crippen molar-refractivity contribution in [2.75, 3.05) is 0 Å². The molecule has 0 spiro atoms. The zero-order valence-electron chi connectivity index (χ0n) is 11.7. The summed E-state index contributed by atoms with van der Waals surface area (Å²) in [6.07, 6.45) is 4.12. The van der Waals surface area contributed by atoms with Crippen LogP contribution in [0.2, 0.25) is 0 Å². The van der Waals surface area contributed by atoms with Crippen LogP contribution >= 0.6 is 0 Å². The van der Waals surface area contributed by atoms with E-state index in [9.17, 15) is 9.18 Å². The van der Waals surface area contributed by atoms with Crippen LogP contribution in [0.25, 0.3) is 5.69 Å². The van der Waals surface area contributed by atoms with Crippen molar-refractivity contribution in [3.8, 4) is 5.69 Å². The van der Waals surface area contributed by atoms with Crippen LogP contribution in [-0.2, 0) is 6.42 Å². The number of rotatable bonds is 2. The molecule has 0 saturated carbocycles. The molecule has 1 aliphatic rings. The van der Waals surface area contributed by atoms with Crippen LogP contribution in [-0.4, -0.2) is 15.6 Å². The molecular weight excluding hydrogens is 283 g/mol. The number of halogens is 1. The number of furan rings is 1. The number of fused-ring (bicyclic) bond motifs is 1. The van der Waals surface area contributed by atoms with Gasteiger partial charge >= 0.3 is 0 Å². The molecular formula is C17H13FN2O2. The van der Waals surface area contributed by atoms with Gasteiger partial charge in [-0.25, -0.2) is 9.07 Å². The van der Waals surface area contributed by atoms with Crippen LogP contribution in [0, 0.1) is 5.82 Å². The van der Waals surface area contributed by atoms with E-state index in [0.717, 1.165) is 11.5 Å². The van der Waals surface area contributed by atoms with Crippen molar-refractivity contribution < 1.29 is 13.6 Å². The molecule has 3 aromatic rings. The summed E-state index contributed by atoms with van der Waals surface area (Å²) in [5, 5.41) is 4.22. The smallest absolute Gasteiger partial charge is 0.167 e. The molecule has 1 atom stereocenters. The van der Waals surface area contributed by atoms with Crippen molar-refractivity contribution in [1.29, 1.82) is 0 Å². The second kappa shape index (κ2) is 4.94. The Hall–Kier alpha value is -2.69. The molecule has 0 saturated heterocycles. The van der Waals surface area contributed by atoms with Crippen molar-refractivity contribution in [2.24, 2.45) is 0 Å². The quantitative estimate of drug-likeness (QED) is 0.727. The lowest BCUT2D eigenvalue weighted by atomic mass is 9.85. The van der Waals surface area contributed by atoms with Gasteiger partial charge in [0.2, 0.25) is 0 Å². The fourth-order valence-electron chi connectivity index (χ4n) is 3.00. The number of nitrogens with zero attached hydrogens (tertiary/aromatic N) is 2. The summed E-state index contributed by atoms with van der Waals surface area (Å²) in [5.74, 6) is 0.406. The van der Waals surface area contributed by atoms with E-state index < -0.39 is 0 Å². The van der Waals surface area contributed by atoms with E-state index in [4.69, 9.17) is 4.42 Å². The van der Waals surface area contributed by atoms with E-state index in [-0.39, 0.29) is 17.5 Å². The Morgan fingerprint density at radius 1 is 1.18 bits per heavy atom. The fourth-order valence-corrected chi connectivity index (χ4v) is 3.00. The molecule has 0 amide bonds. The first-order valence-electron chi connectivity index (χ1n) is 7.12. The van der Waals surface area contributed by atoms with Gasteiger partial charge in [0.1, 0.15) is 17.3 Å². The molecule has 1 aromatic carbocycles. The maximum Gasteiger partial charge on any atom is 0.167 e.